The summed E-state index contributed by atoms with van der Waals surface area (Å²) in [4.78, 5) is 29.0. The number of carboxylic acid groups (broad SMARTS) is 1. The van der Waals surface area contributed by atoms with E-state index in [0.29, 0.717) is 18.0 Å². The van der Waals surface area contributed by atoms with Gasteiger partial charge in [-0.05, 0) is 30.5 Å². The molecule has 0 saturated carbocycles. The fraction of sp³-hybridized carbons (Fsp3) is 0.583. The number of benzene rings is 1. The Morgan fingerprint density at radius 2 is 1.87 bits per heavy atom. The van der Waals surface area contributed by atoms with Gasteiger partial charge >= 0.3 is 5.97 Å². The molecular weight excluding hydrogens is 396 g/mol. The molecule has 2 aliphatic rings. The number of hydrogen-bond donors (Lipinski definition) is 1. The molecule has 7 heteroatoms. The SMILES string of the molecule is C#C[C@@H]1[C@@H](C(=O)O)[C@@H](c2ccc3c(c2)OCO3)CN1CC(=O)N(CCCC)CCCC. The van der Waals surface area contributed by atoms with Crippen LogP contribution in [0, 0.1) is 18.3 Å². The molecule has 1 amide bonds. The molecular formula is C24H32N2O5. The van der Waals surface area contributed by atoms with Gasteiger partial charge in [0, 0.05) is 25.6 Å². The standard InChI is InChI=1S/C24H32N2O5/c1-4-7-11-25(12-8-5-2)22(27)15-26-14-18(23(24(28)29)19(26)6-3)17-9-10-20-21(13-17)31-16-30-20/h3,9-10,13,18-19,23H,4-5,7-8,11-12,14-16H2,1-2H3,(H,28,29)/t18-,19-,23+/m1/s1. The van der Waals surface area contributed by atoms with E-state index in [1.165, 1.54) is 0 Å². The molecule has 0 unspecified atom stereocenters. The smallest absolute Gasteiger partial charge is 0.309 e. The molecule has 0 radical (unpaired) electrons. The van der Waals surface area contributed by atoms with Gasteiger partial charge in [0.05, 0.1) is 18.5 Å². The monoisotopic (exact) mass is 428 g/mol. The van der Waals surface area contributed by atoms with Crippen molar-refractivity contribution in [3.63, 3.8) is 0 Å². The first-order valence-corrected chi connectivity index (χ1v) is 11.1. The van der Waals surface area contributed by atoms with Gasteiger partial charge in [-0.25, -0.2) is 0 Å². The van der Waals surface area contributed by atoms with Crippen molar-refractivity contribution < 1.29 is 24.2 Å². The van der Waals surface area contributed by atoms with Crippen LogP contribution in [-0.2, 0) is 9.59 Å². The summed E-state index contributed by atoms with van der Waals surface area (Å²) in [5.41, 5.74) is 0.834. The maximum atomic E-state index is 13.1. The van der Waals surface area contributed by atoms with Gasteiger partial charge in [-0.15, -0.1) is 6.42 Å². The number of aliphatic carboxylic acids is 1. The number of carbonyl (C=O) groups excluding carboxylic acids is 1. The van der Waals surface area contributed by atoms with Gasteiger partial charge in [0.25, 0.3) is 0 Å². The first-order valence-electron chi connectivity index (χ1n) is 11.1. The van der Waals surface area contributed by atoms with E-state index in [1.807, 2.05) is 21.9 Å². The van der Waals surface area contributed by atoms with Crippen molar-refractivity contribution in [3.05, 3.63) is 23.8 Å². The lowest BCUT2D eigenvalue weighted by Crippen LogP contribution is -2.44. The van der Waals surface area contributed by atoms with Crippen LogP contribution in [-0.4, -0.2) is 65.8 Å². The second kappa shape index (κ2) is 10.5. The molecule has 1 saturated heterocycles. The predicted molar refractivity (Wildman–Crippen MR) is 117 cm³/mol. The molecule has 0 aliphatic carbocycles. The summed E-state index contributed by atoms with van der Waals surface area (Å²) in [5, 5.41) is 9.96. The largest absolute Gasteiger partial charge is 0.481 e. The highest BCUT2D eigenvalue weighted by atomic mass is 16.7. The summed E-state index contributed by atoms with van der Waals surface area (Å²) in [5.74, 6) is 1.84. The molecule has 1 aromatic carbocycles. The molecule has 7 nitrogen and oxygen atoms in total. The van der Waals surface area contributed by atoms with Crippen LogP contribution in [0.3, 0.4) is 0 Å². The quantitative estimate of drug-likeness (QED) is 0.577. The lowest BCUT2D eigenvalue weighted by molar-refractivity contribution is -0.143. The molecule has 31 heavy (non-hydrogen) atoms. The highest BCUT2D eigenvalue weighted by Gasteiger charge is 2.47. The molecule has 1 fully saturated rings. The minimum Gasteiger partial charge on any atom is -0.481 e. The summed E-state index contributed by atoms with van der Waals surface area (Å²) in [6, 6.07) is 4.85. The van der Waals surface area contributed by atoms with E-state index < -0.39 is 17.9 Å². The van der Waals surface area contributed by atoms with E-state index in [0.717, 1.165) is 44.3 Å². The Morgan fingerprint density at radius 3 is 2.48 bits per heavy atom. The first-order chi connectivity index (χ1) is 15.0. The van der Waals surface area contributed by atoms with E-state index in [9.17, 15) is 14.7 Å². The number of nitrogens with zero attached hydrogens (tertiary/aromatic N) is 2. The van der Waals surface area contributed by atoms with E-state index >= 15 is 0 Å². The maximum Gasteiger partial charge on any atom is 0.309 e. The fourth-order valence-corrected chi connectivity index (χ4v) is 4.40. The van der Waals surface area contributed by atoms with E-state index in [-0.39, 0.29) is 25.2 Å². The predicted octanol–water partition coefficient (Wildman–Crippen LogP) is 2.95. The average Bonchev–Trinajstić information content (AvgIpc) is 3.37. The Bertz CT molecular complexity index is 826. The lowest BCUT2D eigenvalue weighted by atomic mass is 9.85. The maximum absolute atomic E-state index is 13.1. The fourth-order valence-electron chi connectivity index (χ4n) is 4.40. The summed E-state index contributed by atoms with van der Waals surface area (Å²) in [6.07, 6.45) is 9.70. The van der Waals surface area contributed by atoms with Crippen molar-refractivity contribution >= 4 is 11.9 Å². The number of ether oxygens (including phenoxy) is 2. The second-order valence-electron chi connectivity index (χ2n) is 8.21. The Labute approximate surface area is 184 Å². The third kappa shape index (κ3) is 5.13. The average molecular weight is 429 g/mol. The third-order valence-corrected chi connectivity index (χ3v) is 6.13. The number of likely N-dealkylation sites (tertiary alicyclic amines) is 1. The van der Waals surface area contributed by atoms with Crippen molar-refractivity contribution in [2.75, 3.05) is 33.0 Å². The molecule has 168 valence electrons. The molecule has 0 spiro atoms. The van der Waals surface area contributed by atoms with Gasteiger partial charge in [-0.3, -0.25) is 14.5 Å². The van der Waals surface area contributed by atoms with E-state index in [4.69, 9.17) is 15.9 Å². The van der Waals surface area contributed by atoms with Crippen molar-refractivity contribution in [2.24, 2.45) is 5.92 Å². The van der Waals surface area contributed by atoms with Crippen LogP contribution >= 0.6 is 0 Å². The van der Waals surface area contributed by atoms with Gasteiger partial charge in [0.1, 0.15) is 0 Å². The van der Waals surface area contributed by atoms with E-state index in [1.54, 1.807) is 6.07 Å². The number of terminal acetylenes is 1. The molecule has 3 atom stereocenters. The van der Waals surface area contributed by atoms with Gasteiger partial charge in [-0.1, -0.05) is 38.7 Å². The van der Waals surface area contributed by atoms with Gasteiger partial charge < -0.3 is 19.5 Å². The third-order valence-electron chi connectivity index (χ3n) is 6.13. The van der Waals surface area contributed by atoms with Crippen molar-refractivity contribution in [1.82, 2.24) is 9.80 Å². The summed E-state index contributed by atoms with van der Waals surface area (Å²) in [7, 11) is 0. The zero-order valence-electron chi connectivity index (χ0n) is 18.4. The summed E-state index contributed by atoms with van der Waals surface area (Å²) in [6.45, 7) is 6.34. The van der Waals surface area contributed by atoms with Gasteiger partial charge in [-0.2, -0.15) is 0 Å². The first kappa shape index (κ1) is 23.0. The molecule has 0 aromatic heterocycles. The number of carboxylic acids is 1. The Morgan fingerprint density at radius 1 is 1.19 bits per heavy atom. The summed E-state index contributed by atoms with van der Waals surface area (Å²) < 4.78 is 10.8. The molecule has 1 aromatic rings. The van der Waals surface area contributed by atoms with Crippen molar-refractivity contribution in [1.29, 1.82) is 0 Å². The lowest BCUT2D eigenvalue weighted by Gasteiger charge is -2.27. The molecule has 2 aliphatic heterocycles. The van der Waals surface area contributed by atoms with Crippen LogP contribution in [0.15, 0.2) is 18.2 Å². The Hall–Kier alpha value is -2.72. The van der Waals surface area contributed by atoms with Crippen LogP contribution in [0.2, 0.25) is 0 Å². The zero-order valence-corrected chi connectivity index (χ0v) is 18.4. The van der Waals surface area contributed by atoms with Crippen LogP contribution in [0.5, 0.6) is 11.5 Å². The zero-order chi connectivity index (χ0) is 22.4. The molecule has 0 bridgehead atoms. The Balaban J connectivity index is 1.79. The number of rotatable bonds is 10. The molecule has 1 N–H and O–H groups in total. The topological polar surface area (TPSA) is 79.3 Å². The van der Waals surface area contributed by atoms with Crippen molar-refractivity contribution in [2.45, 2.75) is 51.5 Å². The second-order valence-corrected chi connectivity index (χ2v) is 8.21. The molecule has 2 heterocycles. The summed E-state index contributed by atoms with van der Waals surface area (Å²) >= 11 is 0. The van der Waals surface area contributed by atoms with Gasteiger partial charge in [0.15, 0.2) is 11.5 Å². The van der Waals surface area contributed by atoms with Crippen LogP contribution < -0.4 is 9.47 Å². The van der Waals surface area contributed by atoms with Crippen LogP contribution in [0.25, 0.3) is 0 Å². The minimum absolute atomic E-state index is 0.0117. The number of fused-ring (bicyclic) bond motifs is 1. The van der Waals surface area contributed by atoms with Crippen LogP contribution in [0.1, 0.15) is 51.0 Å². The number of unbranched alkanes of at least 4 members (excludes halogenated alkanes) is 2. The number of amides is 1. The highest BCUT2D eigenvalue weighted by molar-refractivity contribution is 5.79. The number of hydrogen-bond acceptors (Lipinski definition) is 5. The normalized spacial score (nSPS) is 22.3. The highest BCUT2D eigenvalue weighted by Crippen LogP contribution is 2.41. The Kier molecular flexibility index (Phi) is 7.80. The van der Waals surface area contributed by atoms with E-state index in [2.05, 4.69) is 19.8 Å². The number of carbonyl (C=O) groups is 2. The minimum atomic E-state index is -0.950. The van der Waals surface area contributed by atoms with Gasteiger partial charge in [0.2, 0.25) is 12.7 Å². The van der Waals surface area contributed by atoms with Crippen LogP contribution in [0.4, 0.5) is 0 Å². The van der Waals surface area contributed by atoms with Crippen molar-refractivity contribution in [3.8, 4) is 23.8 Å². The molecule has 3 rings (SSSR count).